The molecule has 0 saturated carbocycles. The van der Waals surface area contributed by atoms with Crippen molar-refractivity contribution in [2.45, 2.75) is 6.54 Å². The summed E-state index contributed by atoms with van der Waals surface area (Å²) in [7, 11) is 0. The van der Waals surface area contributed by atoms with E-state index in [4.69, 9.17) is 5.11 Å². The van der Waals surface area contributed by atoms with Gasteiger partial charge < -0.3 is 9.67 Å². The Kier molecular flexibility index (Phi) is 1.70. The molecule has 2 rings (SSSR count). The summed E-state index contributed by atoms with van der Waals surface area (Å²) in [6.07, 6.45) is 4.73. The van der Waals surface area contributed by atoms with Crippen LogP contribution in [-0.2, 0) is 11.3 Å². The fraction of sp³-hybridized carbons (Fsp3) is 0.125. The Hall–Kier alpha value is -1.91. The van der Waals surface area contributed by atoms with E-state index in [9.17, 15) is 4.79 Å². The van der Waals surface area contributed by atoms with Crippen LogP contribution >= 0.6 is 0 Å². The van der Waals surface area contributed by atoms with E-state index in [2.05, 4.69) is 9.97 Å². The van der Waals surface area contributed by atoms with Gasteiger partial charge in [0.05, 0.1) is 23.6 Å². The standard InChI is InChI=1S/C8H7N3O2/c12-8(13)4-11-5-10-6-1-2-9-3-7(6)11/h1-3,5H,4H2,(H,12,13). The first-order valence-electron chi connectivity index (χ1n) is 3.74. The molecule has 5 heteroatoms. The van der Waals surface area contributed by atoms with Crippen LogP contribution in [0.5, 0.6) is 0 Å². The van der Waals surface area contributed by atoms with Gasteiger partial charge in [-0.3, -0.25) is 9.78 Å². The molecule has 0 radical (unpaired) electrons. The first kappa shape index (κ1) is 7.72. The lowest BCUT2D eigenvalue weighted by Gasteiger charge is -1.97. The van der Waals surface area contributed by atoms with Gasteiger partial charge in [0.2, 0.25) is 0 Å². The van der Waals surface area contributed by atoms with Gasteiger partial charge in [0.25, 0.3) is 0 Å². The summed E-state index contributed by atoms with van der Waals surface area (Å²) < 4.78 is 1.55. The van der Waals surface area contributed by atoms with Gasteiger partial charge in [-0.2, -0.15) is 0 Å². The molecule has 0 unspecified atom stereocenters. The lowest BCUT2D eigenvalue weighted by atomic mass is 10.4. The summed E-state index contributed by atoms with van der Waals surface area (Å²) in [6, 6.07) is 1.74. The number of hydrogen-bond donors (Lipinski definition) is 1. The molecule has 0 atom stereocenters. The van der Waals surface area contributed by atoms with Gasteiger partial charge >= 0.3 is 5.97 Å². The second-order valence-corrected chi connectivity index (χ2v) is 2.63. The monoisotopic (exact) mass is 177 g/mol. The van der Waals surface area contributed by atoms with E-state index < -0.39 is 5.97 Å². The van der Waals surface area contributed by atoms with Crippen LogP contribution in [0.1, 0.15) is 0 Å². The molecule has 0 bridgehead atoms. The largest absolute Gasteiger partial charge is 0.480 e. The highest BCUT2D eigenvalue weighted by molar-refractivity contribution is 5.76. The van der Waals surface area contributed by atoms with Crippen LogP contribution in [0.15, 0.2) is 24.8 Å². The van der Waals surface area contributed by atoms with Gasteiger partial charge in [-0.05, 0) is 6.07 Å². The first-order valence-corrected chi connectivity index (χ1v) is 3.74. The fourth-order valence-electron chi connectivity index (χ4n) is 1.18. The number of carbonyl (C=O) groups is 1. The molecule has 5 nitrogen and oxygen atoms in total. The summed E-state index contributed by atoms with van der Waals surface area (Å²) in [5.41, 5.74) is 1.50. The predicted octanol–water partition coefficient (Wildman–Crippen LogP) is 0.516. The van der Waals surface area contributed by atoms with Gasteiger partial charge in [-0.25, -0.2) is 4.98 Å². The van der Waals surface area contributed by atoms with Crippen molar-refractivity contribution in [2.75, 3.05) is 0 Å². The Balaban J connectivity index is 2.51. The highest BCUT2D eigenvalue weighted by atomic mass is 16.4. The van der Waals surface area contributed by atoms with Crippen LogP contribution in [0, 0.1) is 0 Å². The Labute approximate surface area is 73.7 Å². The van der Waals surface area contributed by atoms with Crippen molar-refractivity contribution in [2.24, 2.45) is 0 Å². The number of aliphatic carboxylic acids is 1. The van der Waals surface area contributed by atoms with E-state index in [1.165, 1.54) is 6.33 Å². The van der Waals surface area contributed by atoms with Crippen molar-refractivity contribution in [1.82, 2.24) is 14.5 Å². The fourth-order valence-corrected chi connectivity index (χ4v) is 1.18. The highest BCUT2D eigenvalue weighted by Gasteiger charge is 2.04. The average molecular weight is 177 g/mol. The molecule has 13 heavy (non-hydrogen) atoms. The molecule has 2 aromatic rings. The van der Waals surface area contributed by atoms with E-state index in [0.717, 1.165) is 11.0 Å². The second-order valence-electron chi connectivity index (χ2n) is 2.63. The third-order valence-corrected chi connectivity index (χ3v) is 1.73. The number of nitrogens with zero attached hydrogens (tertiary/aromatic N) is 3. The maximum Gasteiger partial charge on any atom is 0.323 e. The molecular formula is C8H7N3O2. The zero-order valence-corrected chi connectivity index (χ0v) is 6.71. The van der Waals surface area contributed by atoms with E-state index in [-0.39, 0.29) is 6.54 Å². The lowest BCUT2D eigenvalue weighted by molar-refractivity contribution is -0.137. The summed E-state index contributed by atoms with van der Waals surface area (Å²) >= 11 is 0. The summed E-state index contributed by atoms with van der Waals surface area (Å²) in [4.78, 5) is 18.4. The zero-order valence-electron chi connectivity index (χ0n) is 6.71. The van der Waals surface area contributed by atoms with Gasteiger partial charge in [0.15, 0.2) is 0 Å². The molecule has 2 aromatic heterocycles. The maximum absolute atomic E-state index is 10.4. The minimum absolute atomic E-state index is 0.0812. The van der Waals surface area contributed by atoms with Crippen molar-refractivity contribution < 1.29 is 9.90 Å². The number of aromatic nitrogens is 3. The van der Waals surface area contributed by atoms with Crippen LogP contribution in [0.25, 0.3) is 11.0 Å². The highest BCUT2D eigenvalue weighted by Crippen LogP contribution is 2.09. The summed E-state index contributed by atoms with van der Waals surface area (Å²) in [6.45, 7) is -0.0812. The molecule has 0 aliphatic heterocycles. The van der Waals surface area contributed by atoms with Crippen LogP contribution in [0.3, 0.4) is 0 Å². The third-order valence-electron chi connectivity index (χ3n) is 1.73. The molecule has 0 spiro atoms. The van der Waals surface area contributed by atoms with Crippen molar-refractivity contribution in [3.8, 4) is 0 Å². The van der Waals surface area contributed by atoms with Crippen molar-refractivity contribution in [3.63, 3.8) is 0 Å². The van der Waals surface area contributed by atoms with Crippen molar-refractivity contribution >= 4 is 17.0 Å². The van der Waals surface area contributed by atoms with Gasteiger partial charge in [-0.1, -0.05) is 0 Å². The molecule has 0 aromatic carbocycles. The second kappa shape index (κ2) is 2.85. The number of hydrogen-bond acceptors (Lipinski definition) is 3. The van der Waals surface area contributed by atoms with E-state index in [1.54, 1.807) is 23.0 Å². The number of rotatable bonds is 2. The van der Waals surface area contributed by atoms with Crippen LogP contribution in [-0.4, -0.2) is 25.6 Å². The SMILES string of the molecule is O=C(O)Cn1cnc2ccncc21. The molecule has 66 valence electrons. The lowest BCUT2D eigenvalue weighted by Crippen LogP contribution is -2.07. The Bertz CT molecular complexity index is 449. The number of carboxylic acid groups (broad SMARTS) is 1. The molecule has 0 saturated heterocycles. The molecular weight excluding hydrogens is 170 g/mol. The first-order chi connectivity index (χ1) is 6.27. The van der Waals surface area contributed by atoms with Gasteiger partial charge in [-0.15, -0.1) is 0 Å². The van der Waals surface area contributed by atoms with Crippen LogP contribution < -0.4 is 0 Å². The average Bonchev–Trinajstić information content (AvgIpc) is 2.48. The Morgan fingerprint density at radius 3 is 3.23 bits per heavy atom. The van der Waals surface area contributed by atoms with Crippen molar-refractivity contribution in [3.05, 3.63) is 24.8 Å². The maximum atomic E-state index is 10.4. The van der Waals surface area contributed by atoms with Gasteiger partial charge in [0.1, 0.15) is 6.54 Å². The minimum Gasteiger partial charge on any atom is -0.480 e. The topological polar surface area (TPSA) is 68.0 Å². The smallest absolute Gasteiger partial charge is 0.323 e. The van der Waals surface area contributed by atoms with E-state index >= 15 is 0 Å². The third kappa shape index (κ3) is 1.35. The number of carboxylic acids is 1. The molecule has 0 aliphatic carbocycles. The molecule has 0 fully saturated rings. The van der Waals surface area contributed by atoms with Crippen molar-refractivity contribution in [1.29, 1.82) is 0 Å². The Morgan fingerprint density at radius 1 is 1.62 bits per heavy atom. The number of pyridine rings is 1. The summed E-state index contributed by atoms with van der Waals surface area (Å²) in [5.74, 6) is -0.886. The van der Waals surface area contributed by atoms with E-state index in [1.807, 2.05) is 0 Å². The van der Waals surface area contributed by atoms with Gasteiger partial charge in [0, 0.05) is 6.20 Å². The number of imidazole rings is 1. The molecule has 0 aliphatic rings. The molecule has 2 heterocycles. The molecule has 0 amide bonds. The van der Waals surface area contributed by atoms with Crippen LogP contribution in [0.2, 0.25) is 0 Å². The minimum atomic E-state index is -0.886. The zero-order chi connectivity index (χ0) is 9.26. The predicted molar refractivity (Wildman–Crippen MR) is 45.2 cm³/mol. The van der Waals surface area contributed by atoms with Crippen LogP contribution in [0.4, 0.5) is 0 Å². The summed E-state index contributed by atoms with van der Waals surface area (Å²) in [5, 5.41) is 8.58. The Morgan fingerprint density at radius 2 is 2.46 bits per heavy atom. The molecule has 1 N–H and O–H groups in total. The number of fused-ring (bicyclic) bond motifs is 1. The quantitative estimate of drug-likeness (QED) is 0.725. The van der Waals surface area contributed by atoms with E-state index in [0.29, 0.717) is 0 Å². The normalized spacial score (nSPS) is 10.5.